The van der Waals surface area contributed by atoms with Crippen LogP contribution in [0.15, 0.2) is 36.5 Å². The Kier molecular flexibility index (Phi) is 5.92. The summed E-state index contributed by atoms with van der Waals surface area (Å²) >= 11 is 5.88. The zero-order valence-electron chi connectivity index (χ0n) is 15.1. The summed E-state index contributed by atoms with van der Waals surface area (Å²) in [6.07, 6.45) is 5.46. The lowest BCUT2D eigenvalue weighted by molar-refractivity contribution is -0.121. The molecule has 1 saturated carbocycles. The van der Waals surface area contributed by atoms with E-state index in [0.29, 0.717) is 22.4 Å². The molecule has 1 aromatic carbocycles. The maximum absolute atomic E-state index is 13.7. The second kappa shape index (κ2) is 8.17. The lowest BCUT2D eigenvalue weighted by Gasteiger charge is -2.32. The average Bonchev–Trinajstić information content (AvgIpc) is 2.65. The molecule has 3 rings (SSSR count). The van der Waals surface area contributed by atoms with Gasteiger partial charge in [0.1, 0.15) is 0 Å². The molecule has 138 valence electrons. The highest BCUT2D eigenvalue weighted by molar-refractivity contribution is 6.30. The number of pyridine rings is 1. The molecule has 1 unspecified atom stereocenters. The highest BCUT2D eigenvalue weighted by Crippen LogP contribution is 2.40. The number of benzene rings is 1. The Morgan fingerprint density at radius 2 is 1.85 bits per heavy atom. The van der Waals surface area contributed by atoms with Gasteiger partial charge in [0.2, 0.25) is 11.9 Å². The van der Waals surface area contributed by atoms with Crippen molar-refractivity contribution in [1.82, 2.24) is 4.98 Å². The van der Waals surface area contributed by atoms with Crippen molar-refractivity contribution in [1.29, 1.82) is 0 Å². The number of carbonyl (C=O) groups excluding carboxylic acids is 1. The standard InChI is InChI=1S/C21H24ClFN2O/c1-13(21(26)25-18-9-7-17(22)8-10-18)15-3-5-16(6-4-15)19-11-12-24-20(23)14(19)2/h7-13,15-16H,3-6H2,1-2H3,(H,25,26). The number of hydrogen-bond acceptors (Lipinski definition) is 2. The number of hydrogen-bond donors (Lipinski definition) is 1. The van der Waals surface area contributed by atoms with Crippen molar-refractivity contribution in [3.05, 3.63) is 58.6 Å². The highest BCUT2D eigenvalue weighted by atomic mass is 35.5. The van der Waals surface area contributed by atoms with E-state index >= 15 is 0 Å². The number of nitrogens with one attached hydrogen (secondary N) is 1. The first-order valence-corrected chi connectivity index (χ1v) is 9.51. The van der Waals surface area contributed by atoms with E-state index in [1.54, 1.807) is 25.3 Å². The van der Waals surface area contributed by atoms with Crippen molar-refractivity contribution in [3.63, 3.8) is 0 Å². The van der Waals surface area contributed by atoms with Crippen molar-refractivity contribution in [2.45, 2.75) is 45.4 Å². The predicted molar refractivity (Wildman–Crippen MR) is 103 cm³/mol. The highest BCUT2D eigenvalue weighted by Gasteiger charge is 2.30. The molecule has 0 radical (unpaired) electrons. The molecule has 1 N–H and O–H groups in total. The fraction of sp³-hybridized carbons (Fsp3) is 0.429. The summed E-state index contributed by atoms with van der Waals surface area (Å²) in [6.45, 7) is 3.79. The summed E-state index contributed by atoms with van der Waals surface area (Å²) in [5, 5.41) is 3.62. The van der Waals surface area contributed by atoms with Crippen LogP contribution in [0.3, 0.4) is 0 Å². The third-order valence-corrected chi connectivity index (χ3v) is 5.88. The van der Waals surface area contributed by atoms with Crippen LogP contribution in [0.25, 0.3) is 0 Å². The molecule has 0 spiro atoms. The van der Waals surface area contributed by atoms with Gasteiger partial charge in [0.25, 0.3) is 0 Å². The van der Waals surface area contributed by atoms with Crippen LogP contribution in [0.2, 0.25) is 5.02 Å². The number of halogens is 2. The van der Waals surface area contributed by atoms with E-state index in [9.17, 15) is 9.18 Å². The summed E-state index contributed by atoms with van der Waals surface area (Å²) in [5.74, 6) is 0.324. The Bertz CT molecular complexity index is 770. The smallest absolute Gasteiger partial charge is 0.227 e. The topological polar surface area (TPSA) is 42.0 Å². The van der Waals surface area contributed by atoms with Crippen LogP contribution in [0, 0.1) is 24.7 Å². The van der Waals surface area contributed by atoms with Gasteiger partial charge in [-0.25, -0.2) is 4.98 Å². The molecule has 1 aliphatic rings. The van der Waals surface area contributed by atoms with E-state index in [0.717, 1.165) is 36.9 Å². The lowest BCUT2D eigenvalue weighted by atomic mass is 9.73. The number of rotatable bonds is 4. The minimum absolute atomic E-state index is 0.0434. The van der Waals surface area contributed by atoms with Gasteiger partial charge in [-0.2, -0.15) is 4.39 Å². The molecule has 1 aliphatic carbocycles. The molecule has 0 aliphatic heterocycles. The largest absolute Gasteiger partial charge is 0.326 e. The van der Waals surface area contributed by atoms with Crippen LogP contribution in [0.4, 0.5) is 10.1 Å². The van der Waals surface area contributed by atoms with E-state index < -0.39 is 0 Å². The summed E-state index contributed by atoms with van der Waals surface area (Å²) in [5.41, 5.74) is 2.49. The Morgan fingerprint density at radius 1 is 1.19 bits per heavy atom. The van der Waals surface area contributed by atoms with Crippen LogP contribution in [-0.4, -0.2) is 10.9 Å². The van der Waals surface area contributed by atoms with Crippen molar-refractivity contribution in [2.24, 2.45) is 11.8 Å². The fourth-order valence-electron chi connectivity index (χ4n) is 3.90. The lowest BCUT2D eigenvalue weighted by Crippen LogP contribution is -2.29. The summed E-state index contributed by atoms with van der Waals surface area (Å²) in [6, 6.07) is 9.09. The Balaban J connectivity index is 1.57. The Morgan fingerprint density at radius 3 is 2.50 bits per heavy atom. The van der Waals surface area contributed by atoms with Gasteiger partial charge >= 0.3 is 0 Å². The first kappa shape index (κ1) is 18.8. The summed E-state index contributed by atoms with van der Waals surface area (Å²) < 4.78 is 13.7. The molecular weight excluding hydrogens is 351 g/mol. The van der Waals surface area contributed by atoms with Crippen molar-refractivity contribution < 1.29 is 9.18 Å². The molecule has 2 aromatic rings. The van der Waals surface area contributed by atoms with Gasteiger partial charge in [-0.15, -0.1) is 0 Å². The number of amides is 1. The second-order valence-electron chi connectivity index (χ2n) is 7.21. The normalized spacial score (nSPS) is 21.2. The molecule has 1 atom stereocenters. The summed E-state index contributed by atoms with van der Waals surface area (Å²) in [4.78, 5) is 16.3. The first-order chi connectivity index (χ1) is 12.5. The molecule has 3 nitrogen and oxygen atoms in total. The molecule has 1 amide bonds. The van der Waals surface area contributed by atoms with Crippen LogP contribution in [0.5, 0.6) is 0 Å². The minimum Gasteiger partial charge on any atom is -0.326 e. The van der Waals surface area contributed by atoms with E-state index in [-0.39, 0.29) is 17.8 Å². The molecule has 0 bridgehead atoms. The zero-order valence-corrected chi connectivity index (χ0v) is 15.9. The van der Waals surface area contributed by atoms with E-state index in [4.69, 9.17) is 11.6 Å². The van der Waals surface area contributed by atoms with Crippen LogP contribution in [-0.2, 0) is 4.79 Å². The molecule has 1 heterocycles. The number of nitrogens with zero attached hydrogens (tertiary/aromatic N) is 1. The van der Waals surface area contributed by atoms with Gasteiger partial charge in [0.05, 0.1) is 0 Å². The molecule has 1 fully saturated rings. The van der Waals surface area contributed by atoms with Crippen LogP contribution in [0.1, 0.15) is 49.7 Å². The Hall–Kier alpha value is -1.94. The second-order valence-corrected chi connectivity index (χ2v) is 7.65. The third-order valence-electron chi connectivity index (χ3n) is 5.63. The molecule has 5 heteroatoms. The maximum atomic E-state index is 13.7. The average molecular weight is 375 g/mol. The van der Waals surface area contributed by atoms with Gasteiger partial charge in [-0.3, -0.25) is 4.79 Å². The summed E-state index contributed by atoms with van der Waals surface area (Å²) in [7, 11) is 0. The molecule has 26 heavy (non-hydrogen) atoms. The Labute approximate surface area is 159 Å². The van der Waals surface area contributed by atoms with Crippen LogP contribution < -0.4 is 5.32 Å². The monoisotopic (exact) mass is 374 g/mol. The van der Waals surface area contributed by atoms with Crippen molar-refractivity contribution in [2.75, 3.05) is 5.32 Å². The van der Waals surface area contributed by atoms with E-state index in [1.807, 2.05) is 25.1 Å². The van der Waals surface area contributed by atoms with E-state index in [1.165, 1.54) is 0 Å². The van der Waals surface area contributed by atoms with E-state index in [2.05, 4.69) is 10.3 Å². The molecule has 0 saturated heterocycles. The number of aromatic nitrogens is 1. The maximum Gasteiger partial charge on any atom is 0.227 e. The number of carbonyl (C=O) groups is 1. The van der Waals surface area contributed by atoms with Gasteiger partial charge in [-0.1, -0.05) is 18.5 Å². The zero-order chi connectivity index (χ0) is 18.7. The third kappa shape index (κ3) is 4.24. The quantitative estimate of drug-likeness (QED) is 0.694. The SMILES string of the molecule is Cc1c(C2CCC(C(C)C(=O)Nc3ccc(Cl)cc3)CC2)ccnc1F. The minimum atomic E-state index is -0.375. The number of anilines is 1. The van der Waals surface area contributed by atoms with Crippen LogP contribution >= 0.6 is 11.6 Å². The van der Waals surface area contributed by atoms with Gasteiger partial charge in [0.15, 0.2) is 0 Å². The molecule has 1 aromatic heterocycles. The fourth-order valence-corrected chi connectivity index (χ4v) is 4.03. The van der Waals surface area contributed by atoms with Crippen molar-refractivity contribution in [3.8, 4) is 0 Å². The van der Waals surface area contributed by atoms with Crippen molar-refractivity contribution >= 4 is 23.2 Å². The predicted octanol–water partition coefficient (Wildman–Crippen LogP) is 5.73. The van der Waals surface area contributed by atoms with Gasteiger partial charge in [0, 0.05) is 28.4 Å². The molecular formula is C21H24ClFN2O. The first-order valence-electron chi connectivity index (χ1n) is 9.13. The van der Waals surface area contributed by atoms with Gasteiger partial charge < -0.3 is 5.32 Å². The van der Waals surface area contributed by atoms with Gasteiger partial charge in [-0.05, 0) is 80.3 Å².